The summed E-state index contributed by atoms with van der Waals surface area (Å²) in [6.07, 6.45) is 0.858. The van der Waals surface area contributed by atoms with Gasteiger partial charge in [0.15, 0.2) is 5.75 Å². The van der Waals surface area contributed by atoms with E-state index >= 15 is 0 Å². The molecule has 0 aliphatic heterocycles. The molecule has 0 heterocycles. The van der Waals surface area contributed by atoms with Gasteiger partial charge in [0.2, 0.25) is 0 Å². The molecule has 0 saturated heterocycles. The summed E-state index contributed by atoms with van der Waals surface area (Å²) in [4.78, 5) is 24.8. The highest BCUT2D eigenvalue weighted by Gasteiger charge is 2.13. The second kappa shape index (κ2) is 9.55. The predicted octanol–water partition coefficient (Wildman–Crippen LogP) is 5.26. The van der Waals surface area contributed by atoms with Gasteiger partial charge in [0.1, 0.15) is 5.75 Å². The first-order valence-corrected chi connectivity index (χ1v) is 9.61. The lowest BCUT2D eigenvalue weighted by atomic mass is 10.1. The summed E-state index contributed by atoms with van der Waals surface area (Å²) in [5.74, 6) is 0.818. The summed E-state index contributed by atoms with van der Waals surface area (Å²) in [7, 11) is 0. The molecule has 1 unspecified atom stereocenters. The fraction of sp³-hybridized carbons (Fsp3) is 0.167. The lowest BCUT2D eigenvalue weighted by Gasteiger charge is -2.13. The van der Waals surface area contributed by atoms with E-state index in [1.54, 1.807) is 36.4 Å². The monoisotopic (exact) mass is 388 g/mol. The van der Waals surface area contributed by atoms with Crippen LogP contribution in [0.1, 0.15) is 41.0 Å². The summed E-state index contributed by atoms with van der Waals surface area (Å²) >= 11 is 0. The first-order chi connectivity index (χ1) is 14.1. The van der Waals surface area contributed by atoms with Crippen molar-refractivity contribution in [1.82, 2.24) is 5.32 Å². The molecule has 3 rings (SSSR count). The number of para-hydroxylation sites is 3. The van der Waals surface area contributed by atoms with Gasteiger partial charge in [0, 0.05) is 17.2 Å². The maximum Gasteiger partial charge on any atom is 0.255 e. The zero-order valence-electron chi connectivity index (χ0n) is 16.5. The number of benzene rings is 3. The molecule has 0 spiro atoms. The minimum absolute atomic E-state index is 0.103. The van der Waals surface area contributed by atoms with Crippen molar-refractivity contribution < 1.29 is 14.3 Å². The van der Waals surface area contributed by atoms with Crippen molar-refractivity contribution in [3.8, 4) is 11.5 Å². The highest BCUT2D eigenvalue weighted by molar-refractivity contribution is 6.05. The van der Waals surface area contributed by atoms with Gasteiger partial charge >= 0.3 is 0 Å². The third kappa shape index (κ3) is 5.45. The number of hydrogen-bond acceptors (Lipinski definition) is 3. The fourth-order valence-electron chi connectivity index (χ4n) is 2.65. The van der Waals surface area contributed by atoms with Gasteiger partial charge in [-0.1, -0.05) is 37.3 Å². The number of nitrogens with one attached hydrogen (secondary N) is 2. The Morgan fingerprint density at radius 1 is 0.828 bits per heavy atom. The second-order valence-corrected chi connectivity index (χ2v) is 6.73. The molecule has 5 heteroatoms. The van der Waals surface area contributed by atoms with Gasteiger partial charge in [-0.3, -0.25) is 9.59 Å². The number of hydrogen-bond donors (Lipinski definition) is 2. The maximum absolute atomic E-state index is 12.7. The van der Waals surface area contributed by atoms with Crippen molar-refractivity contribution in [2.75, 3.05) is 5.32 Å². The van der Waals surface area contributed by atoms with E-state index in [-0.39, 0.29) is 17.9 Å². The molecule has 5 nitrogen and oxygen atoms in total. The zero-order valence-corrected chi connectivity index (χ0v) is 16.5. The number of carbonyl (C=O) groups is 2. The smallest absolute Gasteiger partial charge is 0.255 e. The molecule has 0 bridgehead atoms. The van der Waals surface area contributed by atoms with Crippen molar-refractivity contribution in [2.45, 2.75) is 26.3 Å². The molecule has 2 amide bonds. The normalized spacial score (nSPS) is 11.4. The van der Waals surface area contributed by atoms with Crippen molar-refractivity contribution >= 4 is 17.5 Å². The number of ether oxygens (including phenoxy) is 1. The van der Waals surface area contributed by atoms with Gasteiger partial charge < -0.3 is 15.4 Å². The van der Waals surface area contributed by atoms with Crippen molar-refractivity contribution in [3.63, 3.8) is 0 Å². The molecule has 0 aliphatic rings. The van der Waals surface area contributed by atoms with Crippen molar-refractivity contribution in [2.24, 2.45) is 0 Å². The summed E-state index contributed by atoms with van der Waals surface area (Å²) in [5, 5.41) is 5.78. The minimum atomic E-state index is -0.275. The second-order valence-electron chi connectivity index (χ2n) is 6.73. The Morgan fingerprint density at radius 3 is 2.07 bits per heavy atom. The van der Waals surface area contributed by atoms with Crippen LogP contribution in [-0.2, 0) is 0 Å². The van der Waals surface area contributed by atoms with E-state index in [1.807, 2.05) is 56.3 Å². The van der Waals surface area contributed by atoms with E-state index in [0.29, 0.717) is 28.3 Å². The first kappa shape index (κ1) is 20.1. The molecule has 1 atom stereocenters. The van der Waals surface area contributed by atoms with E-state index in [4.69, 9.17) is 4.74 Å². The van der Waals surface area contributed by atoms with Gasteiger partial charge in [0.05, 0.1) is 5.69 Å². The molecule has 148 valence electrons. The fourth-order valence-corrected chi connectivity index (χ4v) is 2.65. The zero-order chi connectivity index (χ0) is 20.6. The molecule has 29 heavy (non-hydrogen) atoms. The number of rotatable bonds is 7. The molecule has 0 aromatic heterocycles. The number of anilines is 1. The standard InChI is InChI=1S/C24H24N2O3/c1-3-17(2)25-23(27)18-13-15-19(16-14-18)24(28)26-21-11-7-8-12-22(21)29-20-9-5-4-6-10-20/h4-17H,3H2,1-2H3,(H,25,27)(H,26,28). The van der Waals surface area contributed by atoms with Gasteiger partial charge in [-0.15, -0.1) is 0 Å². The van der Waals surface area contributed by atoms with Gasteiger partial charge in [-0.2, -0.15) is 0 Å². The minimum Gasteiger partial charge on any atom is -0.455 e. The van der Waals surface area contributed by atoms with Crippen LogP contribution >= 0.6 is 0 Å². The average molecular weight is 388 g/mol. The predicted molar refractivity (Wildman–Crippen MR) is 115 cm³/mol. The van der Waals surface area contributed by atoms with Crippen LogP contribution < -0.4 is 15.4 Å². The summed E-state index contributed by atoms with van der Waals surface area (Å²) in [5.41, 5.74) is 1.55. The molecule has 3 aromatic carbocycles. The van der Waals surface area contributed by atoms with Crippen LogP contribution in [0.5, 0.6) is 11.5 Å². The van der Waals surface area contributed by atoms with Crippen LogP contribution in [0.15, 0.2) is 78.9 Å². The Hall–Kier alpha value is -3.60. The van der Waals surface area contributed by atoms with Crippen molar-refractivity contribution in [1.29, 1.82) is 0 Å². The molecule has 3 aromatic rings. The van der Waals surface area contributed by atoms with Crippen LogP contribution in [0.4, 0.5) is 5.69 Å². The molecule has 0 radical (unpaired) electrons. The number of amides is 2. The van der Waals surface area contributed by atoms with Crippen molar-refractivity contribution in [3.05, 3.63) is 90.0 Å². The van der Waals surface area contributed by atoms with Gasteiger partial charge in [0.25, 0.3) is 11.8 Å². The Bertz CT molecular complexity index is 969. The average Bonchev–Trinajstić information content (AvgIpc) is 2.75. The Kier molecular flexibility index (Phi) is 6.63. The van der Waals surface area contributed by atoms with Crippen LogP contribution in [0, 0.1) is 0 Å². The van der Waals surface area contributed by atoms with Crippen LogP contribution in [0.2, 0.25) is 0 Å². The molecule has 2 N–H and O–H groups in total. The molecular formula is C24H24N2O3. The summed E-state index contributed by atoms with van der Waals surface area (Å²) in [6.45, 7) is 3.96. The van der Waals surface area contributed by atoms with E-state index in [1.165, 1.54) is 0 Å². The van der Waals surface area contributed by atoms with E-state index in [0.717, 1.165) is 6.42 Å². The molecular weight excluding hydrogens is 364 g/mol. The third-order valence-corrected chi connectivity index (χ3v) is 4.51. The topological polar surface area (TPSA) is 67.4 Å². The van der Waals surface area contributed by atoms with E-state index in [9.17, 15) is 9.59 Å². The van der Waals surface area contributed by atoms with Gasteiger partial charge in [-0.05, 0) is 61.9 Å². The van der Waals surface area contributed by atoms with Gasteiger partial charge in [-0.25, -0.2) is 0 Å². The third-order valence-electron chi connectivity index (χ3n) is 4.51. The summed E-state index contributed by atoms with van der Waals surface area (Å²) < 4.78 is 5.88. The SMILES string of the molecule is CCC(C)NC(=O)c1ccc(C(=O)Nc2ccccc2Oc2ccccc2)cc1. The highest BCUT2D eigenvalue weighted by atomic mass is 16.5. The molecule has 0 fully saturated rings. The Morgan fingerprint density at radius 2 is 1.41 bits per heavy atom. The van der Waals surface area contributed by atoms with Crippen LogP contribution in [0.25, 0.3) is 0 Å². The lowest BCUT2D eigenvalue weighted by molar-refractivity contribution is 0.0937. The van der Waals surface area contributed by atoms with E-state index in [2.05, 4.69) is 10.6 Å². The molecule has 0 saturated carbocycles. The summed E-state index contributed by atoms with van der Waals surface area (Å²) in [6, 6.07) is 23.3. The first-order valence-electron chi connectivity index (χ1n) is 9.61. The highest BCUT2D eigenvalue weighted by Crippen LogP contribution is 2.29. The van der Waals surface area contributed by atoms with Crippen LogP contribution in [-0.4, -0.2) is 17.9 Å². The Labute approximate surface area is 170 Å². The van der Waals surface area contributed by atoms with Crippen LogP contribution in [0.3, 0.4) is 0 Å². The van der Waals surface area contributed by atoms with E-state index < -0.39 is 0 Å². The Balaban J connectivity index is 1.70. The lowest BCUT2D eigenvalue weighted by Crippen LogP contribution is -2.31. The largest absolute Gasteiger partial charge is 0.455 e. The number of carbonyl (C=O) groups excluding carboxylic acids is 2. The molecule has 0 aliphatic carbocycles. The quantitative estimate of drug-likeness (QED) is 0.580. The maximum atomic E-state index is 12.7.